The largest absolute Gasteiger partial charge is 0.445 e. The average Bonchev–Trinajstić information content (AvgIpc) is 2.63. The normalized spacial score (nSPS) is 19.1. The third-order valence-corrected chi connectivity index (χ3v) is 4.72. The van der Waals surface area contributed by atoms with Gasteiger partial charge in [-0.25, -0.2) is 9.59 Å². The van der Waals surface area contributed by atoms with Gasteiger partial charge in [-0.15, -0.1) is 0 Å². The number of benzene rings is 1. The van der Waals surface area contributed by atoms with E-state index in [2.05, 4.69) is 5.32 Å². The topological polar surface area (TPSA) is 61.9 Å². The molecule has 0 unspecified atom stereocenters. The summed E-state index contributed by atoms with van der Waals surface area (Å²) < 4.78 is 5.38. The van der Waals surface area contributed by atoms with Crippen molar-refractivity contribution in [2.24, 2.45) is 5.92 Å². The highest BCUT2D eigenvalue weighted by molar-refractivity contribution is 5.74. The second-order valence-electron chi connectivity index (χ2n) is 6.50. The molecule has 2 heterocycles. The lowest BCUT2D eigenvalue weighted by atomic mass is 9.96. The molecule has 0 bridgehead atoms. The number of nitrogens with zero attached hydrogens (tertiary/aromatic N) is 2. The van der Waals surface area contributed by atoms with Crippen molar-refractivity contribution in [3.05, 3.63) is 35.9 Å². The van der Waals surface area contributed by atoms with Crippen molar-refractivity contribution in [3.8, 4) is 0 Å². The van der Waals surface area contributed by atoms with Crippen molar-refractivity contribution in [3.63, 3.8) is 0 Å². The van der Waals surface area contributed by atoms with Crippen LogP contribution in [-0.2, 0) is 11.3 Å². The Labute approximate surface area is 142 Å². The summed E-state index contributed by atoms with van der Waals surface area (Å²) in [6, 6.07) is 9.76. The SMILES string of the molecule is O=C1NCCCN1CC1CCN(C(=O)OCc2ccccc2)CC1. The minimum absolute atomic E-state index is 0.0472. The molecule has 0 aromatic heterocycles. The number of hydrogen-bond acceptors (Lipinski definition) is 3. The van der Waals surface area contributed by atoms with E-state index in [-0.39, 0.29) is 12.1 Å². The molecule has 1 aromatic carbocycles. The van der Waals surface area contributed by atoms with Crippen LogP contribution in [0, 0.1) is 5.92 Å². The number of nitrogens with one attached hydrogen (secondary N) is 1. The van der Waals surface area contributed by atoms with E-state index < -0.39 is 0 Å². The van der Waals surface area contributed by atoms with Gasteiger partial charge in [0.05, 0.1) is 0 Å². The fourth-order valence-corrected chi connectivity index (χ4v) is 3.27. The van der Waals surface area contributed by atoms with Crippen LogP contribution in [0.1, 0.15) is 24.8 Å². The fraction of sp³-hybridized carbons (Fsp3) is 0.556. The Morgan fingerprint density at radius 3 is 2.62 bits per heavy atom. The minimum atomic E-state index is -0.243. The second kappa shape index (κ2) is 8.04. The van der Waals surface area contributed by atoms with Crippen LogP contribution in [0.5, 0.6) is 0 Å². The number of hydrogen-bond donors (Lipinski definition) is 1. The van der Waals surface area contributed by atoms with Gasteiger partial charge in [-0.05, 0) is 30.7 Å². The zero-order valence-electron chi connectivity index (χ0n) is 13.9. The highest BCUT2D eigenvalue weighted by Crippen LogP contribution is 2.20. The second-order valence-corrected chi connectivity index (χ2v) is 6.50. The van der Waals surface area contributed by atoms with Crippen molar-refractivity contribution in [2.75, 3.05) is 32.7 Å². The molecule has 24 heavy (non-hydrogen) atoms. The van der Waals surface area contributed by atoms with Gasteiger partial charge >= 0.3 is 12.1 Å². The number of carbonyl (C=O) groups is 2. The molecule has 0 aliphatic carbocycles. The fourth-order valence-electron chi connectivity index (χ4n) is 3.27. The van der Waals surface area contributed by atoms with Crippen molar-refractivity contribution in [1.29, 1.82) is 0 Å². The summed E-state index contributed by atoms with van der Waals surface area (Å²) in [6.07, 6.45) is 2.61. The Morgan fingerprint density at radius 2 is 1.92 bits per heavy atom. The Morgan fingerprint density at radius 1 is 1.17 bits per heavy atom. The number of ether oxygens (including phenoxy) is 1. The number of carbonyl (C=O) groups excluding carboxylic acids is 2. The molecule has 3 amide bonds. The van der Waals surface area contributed by atoms with Gasteiger partial charge < -0.3 is 19.9 Å². The quantitative estimate of drug-likeness (QED) is 0.922. The number of rotatable bonds is 4. The summed E-state index contributed by atoms with van der Waals surface area (Å²) in [6.45, 7) is 4.12. The molecule has 6 nitrogen and oxygen atoms in total. The van der Waals surface area contributed by atoms with Crippen LogP contribution in [0.3, 0.4) is 0 Å². The van der Waals surface area contributed by atoms with Crippen LogP contribution in [0.2, 0.25) is 0 Å². The molecule has 2 saturated heterocycles. The van der Waals surface area contributed by atoms with Crippen molar-refractivity contribution in [2.45, 2.75) is 25.9 Å². The molecule has 2 aliphatic heterocycles. The third-order valence-electron chi connectivity index (χ3n) is 4.72. The predicted molar refractivity (Wildman–Crippen MR) is 90.5 cm³/mol. The molecule has 6 heteroatoms. The standard InChI is InChI=1S/C18H25N3O3/c22-17-19-9-4-10-21(17)13-15-7-11-20(12-8-15)18(23)24-14-16-5-2-1-3-6-16/h1-3,5-6,15H,4,7-14H2,(H,19,22). The maximum atomic E-state index is 12.1. The van der Waals surface area contributed by atoms with E-state index >= 15 is 0 Å². The maximum Gasteiger partial charge on any atom is 0.410 e. The molecule has 2 fully saturated rings. The first-order valence-corrected chi connectivity index (χ1v) is 8.71. The van der Waals surface area contributed by atoms with E-state index in [1.807, 2.05) is 35.2 Å². The van der Waals surface area contributed by atoms with Gasteiger partial charge in [-0.1, -0.05) is 30.3 Å². The lowest BCUT2D eigenvalue weighted by molar-refractivity contribution is 0.0779. The molecule has 0 atom stereocenters. The summed E-state index contributed by atoms with van der Waals surface area (Å²) in [5.74, 6) is 0.465. The van der Waals surface area contributed by atoms with E-state index in [4.69, 9.17) is 4.74 Å². The Kier molecular flexibility index (Phi) is 5.56. The Hall–Kier alpha value is -2.24. The smallest absolute Gasteiger partial charge is 0.410 e. The summed E-state index contributed by atoms with van der Waals surface area (Å²) in [5.41, 5.74) is 0.997. The molecule has 1 aromatic rings. The average molecular weight is 331 g/mol. The van der Waals surface area contributed by atoms with E-state index in [1.54, 1.807) is 4.90 Å². The maximum absolute atomic E-state index is 12.1. The first-order chi connectivity index (χ1) is 11.7. The van der Waals surface area contributed by atoms with Crippen LogP contribution in [0.15, 0.2) is 30.3 Å². The van der Waals surface area contributed by atoms with E-state index in [0.717, 1.165) is 44.5 Å². The Balaban J connectivity index is 1.39. The van der Waals surface area contributed by atoms with Gasteiger partial charge in [0.1, 0.15) is 6.61 Å². The monoisotopic (exact) mass is 331 g/mol. The number of amides is 3. The summed E-state index contributed by atoms with van der Waals surface area (Å²) in [7, 11) is 0. The van der Waals surface area contributed by atoms with Crippen LogP contribution in [0.4, 0.5) is 9.59 Å². The molecule has 3 rings (SSSR count). The molecule has 0 spiro atoms. The highest BCUT2D eigenvalue weighted by Gasteiger charge is 2.27. The predicted octanol–water partition coefficient (Wildman–Crippen LogP) is 2.45. The van der Waals surface area contributed by atoms with Crippen LogP contribution in [-0.4, -0.2) is 54.6 Å². The molecule has 130 valence electrons. The van der Waals surface area contributed by atoms with E-state index in [1.165, 1.54) is 0 Å². The van der Waals surface area contributed by atoms with Gasteiger partial charge in [-0.3, -0.25) is 0 Å². The number of likely N-dealkylation sites (tertiary alicyclic amines) is 1. The van der Waals surface area contributed by atoms with E-state index in [9.17, 15) is 9.59 Å². The van der Waals surface area contributed by atoms with Gasteiger partial charge in [0.2, 0.25) is 0 Å². The highest BCUT2D eigenvalue weighted by atomic mass is 16.6. The van der Waals surface area contributed by atoms with Crippen LogP contribution >= 0.6 is 0 Å². The van der Waals surface area contributed by atoms with Crippen LogP contribution in [0.25, 0.3) is 0 Å². The first-order valence-electron chi connectivity index (χ1n) is 8.71. The number of urea groups is 1. The van der Waals surface area contributed by atoms with Gasteiger partial charge in [0.25, 0.3) is 0 Å². The third kappa shape index (κ3) is 4.40. The molecule has 0 saturated carbocycles. The molecule has 0 radical (unpaired) electrons. The van der Waals surface area contributed by atoms with Gasteiger partial charge in [0.15, 0.2) is 0 Å². The number of piperidine rings is 1. The van der Waals surface area contributed by atoms with Crippen molar-refractivity contribution < 1.29 is 14.3 Å². The molecule has 2 aliphatic rings. The first kappa shape index (κ1) is 16.6. The molecular formula is C18H25N3O3. The van der Waals surface area contributed by atoms with Gasteiger partial charge in [-0.2, -0.15) is 0 Å². The van der Waals surface area contributed by atoms with Crippen molar-refractivity contribution >= 4 is 12.1 Å². The van der Waals surface area contributed by atoms with Crippen LogP contribution < -0.4 is 5.32 Å². The van der Waals surface area contributed by atoms with Gasteiger partial charge in [0, 0.05) is 32.7 Å². The van der Waals surface area contributed by atoms with E-state index in [0.29, 0.717) is 25.6 Å². The Bertz CT molecular complexity index is 556. The molecule has 1 N–H and O–H groups in total. The zero-order chi connectivity index (χ0) is 16.8. The molecular weight excluding hydrogens is 306 g/mol. The van der Waals surface area contributed by atoms with Crippen molar-refractivity contribution in [1.82, 2.24) is 15.1 Å². The lowest BCUT2D eigenvalue weighted by Gasteiger charge is -2.35. The zero-order valence-corrected chi connectivity index (χ0v) is 13.9. The summed E-state index contributed by atoms with van der Waals surface area (Å²) in [5, 5.41) is 2.88. The summed E-state index contributed by atoms with van der Waals surface area (Å²) >= 11 is 0. The minimum Gasteiger partial charge on any atom is -0.445 e. The summed E-state index contributed by atoms with van der Waals surface area (Å²) in [4.78, 5) is 27.6. The lowest BCUT2D eigenvalue weighted by Crippen LogP contribution is -2.49.